The molecule has 0 saturated carbocycles. The summed E-state index contributed by atoms with van der Waals surface area (Å²) in [5, 5.41) is 7.75. The van der Waals surface area contributed by atoms with E-state index in [1.165, 1.54) is 0 Å². The summed E-state index contributed by atoms with van der Waals surface area (Å²) in [6, 6.07) is 11.8. The van der Waals surface area contributed by atoms with Gasteiger partial charge in [-0.1, -0.05) is 35.5 Å². The SMILES string of the molecule is C1=N[N]C=C1c1cc(-c2ccccc2)no1. The highest BCUT2D eigenvalue weighted by Crippen LogP contribution is 2.22. The van der Waals surface area contributed by atoms with Crippen LogP contribution in [0.25, 0.3) is 16.8 Å². The average molecular weight is 210 g/mol. The molecule has 0 fully saturated rings. The first-order valence-electron chi connectivity index (χ1n) is 4.89. The van der Waals surface area contributed by atoms with Crippen molar-refractivity contribution in [1.82, 2.24) is 10.6 Å². The molecule has 1 aromatic heterocycles. The van der Waals surface area contributed by atoms with Crippen molar-refractivity contribution >= 4 is 11.8 Å². The second kappa shape index (κ2) is 3.66. The van der Waals surface area contributed by atoms with Gasteiger partial charge in [-0.05, 0) is 0 Å². The van der Waals surface area contributed by atoms with Crippen LogP contribution in [0.5, 0.6) is 0 Å². The van der Waals surface area contributed by atoms with E-state index in [0.717, 1.165) is 16.8 Å². The maximum absolute atomic E-state index is 5.23. The van der Waals surface area contributed by atoms with E-state index < -0.39 is 0 Å². The Hall–Kier alpha value is -2.36. The third kappa shape index (κ3) is 1.50. The Morgan fingerprint density at radius 2 is 1.94 bits per heavy atom. The van der Waals surface area contributed by atoms with Gasteiger partial charge in [0.2, 0.25) is 0 Å². The number of rotatable bonds is 2. The van der Waals surface area contributed by atoms with Crippen molar-refractivity contribution in [3.63, 3.8) is 0 Å². The molecule has 16 heavy (non-hydrogen) atoms. The standard InChI is InChI=1S/C12H8N3O/c1-2-4-9(5-3-1)11-6-12(16-15-11)10-7-13-14-8-10/h1-8H. The fraction of sp³-hybridized carbons (Fsp3) is 0. The molecule has 1 radical (unpaired) electrons. The first kappa shape index (κ1) is 8.91. The van der Waals surface area contributed by atoms with Gasteiger partial charge in [-0.25, -0.2) is 0 Å². The van der Waals surface area contributed by atoms with E-state index in [4.69, 9.17) is 4.52 Å². The Morgan fingerprint density at radius 1 is 1.06 bits per heavy atom. The van der Waals surface area contributed by atoms with Crippen molar-refractivity contribution in [3.05, 3.63) is 48.4 Å². The van der Waals surface area contributed by atoms with Gasteiger partial charge in [0.1, 0.15) is 5.69 Å². The lowest BCUT2D eigenvalue weighted by molar-refractivity contribution is 0.414. The first-order valence-corrected chi connectivity index (χ1v) is 4.89. The minimum atomic E-state index is 0.684. The number of aromatic nitrogens is 1. The molecule has 0 unspecified atom stereocenters. The second-order valence-corrected chi connectivity index (χ2v) is 3.39. The number of allylic oxidation sites excluding steroid dienone is 1. The highest BCUT2D eigenvalue weighted by molar-refractivity contribution is 6.09. The smallest absolute Gasteiger partial charge is 0.170 e. The summed E-state index contributed by atoms with van der Waals surface area (Å²) in [5.74, 6) is 0.684. The van der Waals surface area contributed by atoms with Gasteiger partial charge in [0.15, 0.2) is 5.76 Å². The molecule has 1 aliphatic heterocycles. The van der Waals surface area contributed by atoms with Crippen LogP contribution >= 0.6 is 0 Å². The summed E-state index contributed by atoms with van der Waals surface area (Å²) in [6.07, 6.45) is 3.30. The summed E-state index contributed by atoms with van der Waals surface area (Å²) >= 11 is 0. The highest BCUT2D eigenvalue weighted by atomic mass is 16.5. The summed E-state index contributed by atoms with van der Waals surface area (Å²) in [4.78, 5) is 0. The molecule has 0 spiro atoms. The largest absolute Gasteiger partial charge is 0.356 e. The number of nitrogens with zero attached hydrogens (tertiary/aromatic N) is 3. The van der Waals surface area contributed by atoms with Gasteiger partial charge in [0.25, 0.3) is 0 Å². The fourth-order valence-electron chi connectivity index (χ4n) is 1.51. The number of hydrogen-bond acceptors (Lipinski definition) is 3. The van der Waals surface area contributed by atoms with Crippen LogP contribution in [0.4, 0.5) is 0 Å². The van der Waals surface area contributed by atoms with Gasteiger partial charge in [-0.3, -0.25) is 0 Å². The van der Waals surface area contributed by atoms with Crippen molar-refractivity contribution in [3.8, 4) is 11.3 Å². The molecule has 0 atom stereocenters. The van der Waals surface area contributed by atoms with Crippen molar-refractivity contribution < 1.29 is 4.52 Å². The van der Waals surface area contributed by atoms with E-state index in [2.05, 4.69) is 15.7 Å². The predicted molar refractivity (Wildman–Crippen MR) is 60.5 cm³/mol. The Morgan fingerprint density at radius 3 is 2.69 bits per heavy atom. The molecule has 0 bridgehead atoms. The van der Waals surface area contributed by atoms with E-state index in [1.54, 1.807) is 12.4 Å². The van der Waals surface area contributed by atoms with Gasteiger partial charge in [0.05, 0.1) is 18.0 Å². The summed E-state index contributed by atoms with van der Waals surface area (Å²) in [5.41, 5.74) is 6.43. The Kier molecular flexibility index (Phi) is 2.04. The molecule has 2 heterocycles. The number of hydrogen-bond donors (Lipinski definition) is 0. The zero-order valence-corrected chi connectivity index (χ0v) is 8.37. The fourth-order valence-corrected chi connectivity index (χ4v) is 1.51. The Balaban J connectivity index is 1.97. The zero-order chi connectivity index (χ0) is 10.8. The second-order valence-electron chi connectivity index (χ2n) is 3.39. The van der Waals surface area contributed by atoms with Crippen LogP contribution in [-0.4, -0.2) is 11.4 Å². The van der Waals surface area contributed by atoms with E-state index in [9.17, 15) is 0 Å². The minimum Gasteiger partial charge on any atom is -0.356 e. The maximum atomic E-state index is 5.23. The van der Waals surface area contributed by atoms with Crippen LogP contribution in [0, 0.1) is 0 Å². The topological polar surface area (TPSA) is 52.5 Å². The third-order valence-corrected chi connectivity index (χ3v) is 2.32. The predicted octanol–water partition coefficient (Wildman–Crippen LogP) is 2.29. The summed E-state index contributed by atoms with van der Waals surface area (Å²) in [7, 11) is 0. The molecule has 1 aliphatic rings. The van der Waals surface area contributed by atoms with Crippen LogP contribution < -0.4 is 5.43 Å². The molecule has 0 saturated heterocycles. The van der Waals surface area contributed by atoms with Crippen molar-refractivity contribution in [2.24, 2.45) is 5.10 Å². The van der Waals surface area contributed by atoms with Crippen molar-refractivity contribution in [2.75, 3.05) is 0 Å². The lowest BCUT2D eigenvalue weighted by atomic mass is 10.1. The quantitative estimate of drug-likeness (QED) is 0.763. The monoisotopic (exact) mass is 210 g/mol. The number of benzene rings is 1. The van der Waals surface area contributed by atoms with Crippen LogP contribution in [0.3, 0.4) is 0 Å². The van der Waals surface area contributed by atoms with Gasteiger partial charge in [0, 0.05) is 11.6 Å². The molecule has 0 N–H and O–H groups in total. The summed E-state index contributed by atoms with van der Waals surface area (Å²) in [6.45, 7) is 0. The van der Waals surface area contributed by atoms with E-state index in [1.807, 2.05) is 36.4 Å². The molecule has 2 aromatic rings. The molecule has 4 nitrogen and oxygen atoms in total. The molecule has 77 valence electrons. The van der Waals surface area contributed by atoms with E-state index in [0.29, 0.717) is 5.76 Å². The molecule has 1 aromatic carbocycles. The Bertz CT molecular complexity index is 555. The average Bonchev–Trinajstić information content (AvgIpc) is 3.01. The van der Waals surface area contributed by atoms with Gasteiger partial charge >= 0.3 is 0 Å². The molecule has 4 heteroatoms. The summed E-state index contributed by atoms with van der Waals surface area (Å²) < 4.78 is 5.23. The van der Waals surface area contributed by atoms with Crippen LogP contribution in [0.2, 0.25) is 0 Å². The lowest BCUT2D eigenvalue weighted by Crippen LogP contribution is -1.77. The molecule has 0 aliphatic carbocycles. The van der Waals surface area contributed by atoms with E-state index >= 15 is 0 Å². The minimum absolute atomic E-state index is 0.684. The van der Waals surface area contributed by atoms with Crippen molar-refractivity contribution in [2.45, 2.75) is 0 Å². The van der Waals surface area contributed by atoms with Gasteiger partial charge in [-0.15, -0.1) is 0 Å². The highest BCUT2D eigenvalue weighted by Gasteiger charge is 2.11. The maximum Gasteiger partial charge on any atom is 0.170 e. The molecular formula is C12H8N3O. The van der Waals surface area contributed by atoms with Gasteiger partial charge in [-0.2, -0.15) is 10.5 Å². The zero-order valence-electron chi connectivity index (χ0n) is 8.37. The first-order chi connectivity index (χ1) is 7.93. The van der Waals surface area contributed by atoms with Crippen LogP contribution in [-0.2, 0) is 0 Å². The lowest BCUT2D eigenvalue weighted by Gasteiger charge is -1.91. The molecule has 0 amide bonds. The third-order valence-electron chi connectivity index (χ3n) is 2.32. The Labute approximate surface area is 92.3 Å². The van der Waals surface area contributed by atoms with Gasteiger partial charge < -0.3 is 4.52 Å². The normalized spacial score (nSPS) is 13.6. The van der Waals surface area contributed by atoms with Crippen LogP contribution in [0.1, 0.15) is 5.76 Å². The molecular weight excluding hydrogens is 202 g/mol. The van der Waals surface area contributed by atoms with E-state index in [-0.39, 0.29) is 0 Å². The van der Waals surface area contributed by atoms with Crippen molar-refractivity contribution in [1.29, 1.82) is 0 Å². The van der Waals surface area contributed by atoms with Crippen LogP contribution in [0.15, 0.2) is 52.2 Å². The molecule has 3 rings (SSSR count).